The summed E-state index contributed by atoms with van der Waals surface area (Å²) in [6.07, 6.45) is -6.10. The van der Waals surface area contributed by atoms with Crippen molar-refractivity contribution in [1.82, 2.24) is 0 Å². The Bertz CT molecular complexity index is 314. The Labute approximate surface area is 95.8 Å². The van der Waals surface area contributed by atoms with Crippen LogP contribution in [0.4, 0.5) is 17.6 Å². The van der Waals surface area contributed by atoms with Crippen LogP contribution in [-0.4, -0.2) is 12.9 Å². The van der Waals surface area contributed by atoms with E-state index in [9.17, 15) is 17.6 Å². The van der Waals surface area contributed by atoms with Gasteiger partial charge in [0.15, 0.2) is 0 Å². The van der Waals surface area contributed by atoms with E-state index in [1.807, 2.05) is 0 Å². The molecule has 0 bridgehead atoms. The first-order chi connectivity index (χ1) is 6.92. The van der Waals surface area contributed by atoms with Gasteiger partial charge in [0.25, 0.3) is 0 Å². The van der Waals surface area contributed by atoms with E-state index in [0.717, 1.165) is 12.1 Å². The van der Waals surface area contributed by atoms with Gasteiger partial charge < -0.3 is 10.5 Å². The zero-order valence-corrected chi connectivity index (χ0v) is 8.82. The first kappa shape index (κ1) is 15.0. The third-order valence-corrected chi connectivity index (χ3v) is 1.68. The molecule has 0 aromatic heterocycles. The highest BCUT2D eigenvalue weighted by Gasteiger charge is 2.31. The molecular formula is C9H10ClF4NO. The normalized spacial score (nSPS) is 12.8. The average molecular weight is 260 g/mol. The molecule has 1 rings (SSSR count). The minimum Gasteiger partial charge on any atom is -0.406 e. The number of benzene rings is 1. The van der Waals surface area contributed by atoms with Crippen LogP contribution >= 0.6 is 12.4 Å². The molecule has 92 valence electrons. The predicted octanol–water partition coefficient (Wildman–Crippen LogP) is 2.98. The molecular weight excluding hydrogens is 250 g/mol. The summed E-state index contributed by atoms with van der Waals surface area (Å²) in [7, 11) is 0. The Morgan fingerprint density at radius 2 is 1.69 bits per heavy atom. The molecule has 1 atom stereocenters. The largest absolute Gasteiger partial charge is 0.573 e. The Balaban J connectivity index is 0.00000225. The van der Waals surface area contributed by atoms with Crippen LogP contribution in [0.1, 0.15) is 11.7 Å². The Kier molecular flexibility index (Phi) is 5.53. The minimum absolute atomic E-state index is 0. The highest BCUT2D eigenvalue weighted by molar-refractivity contribution is 5.85. The third kappa shape index (κ3) is 4.67. The van der Waals surface area contributed by atoms with Gasteiger partial charge in [-0.25, -0.2) is 4.39 Å². The lowest BCUT2D eigenvalue weighted by Crippen LogP contribution is -2.17. The van der Waals surface area contributed by atoms with Crippen LogP contribution in [0, 0.1) is 0 Å². The van der Waals surface area contributed by atoms with Crippen molar-refractivity contribution in [3.8, 4) is 5.75 Å². The number of nitrogens with two attached hydrogens (primary N) is 1. The van der Waals surface area contributed by atoms with Crippen LogP contribution in [0.5, 0.6) is 5.75 Å². The lowest BCUT2D eigenvalue weighted by molar-refractivity contribution is -0.274. The summed E-state index contributed by atoms with van der Waals surface area (Å²) >= 11 is 0. The highest BCUT2D eigenvalue weighted by atomic mass is 35.5. The molecule has 0 fully saturated rings. The molecule has 7 heteroatoms. The van der Waals surface area contributed by atoms with Crippen molar-refractivity contribution in [2.75, 3.05) is 6.54 Å². The number of halogens is 5. The van der Waals surface area contributed by atoms with Crippen LogP contribution in [0.15, 0.2) is 24.3 Å². The molecule has 0 spiro atoms. The highest BCUT2D eigenvalue weighted by Crippen LogP contribution is 2.24. The van der Waals surface area contributed by atoms with E-state index in [1.165, 1.54) is 12.1 Å². The average Bonchev–Trinajstić information content (AvgIpc) is 2.15. The van der Waals surface area contributed by atoms with E-state index in [0.29, 0.717) is 0 Å². The van der Waals surface area contributed by atoms with Crippen LogP contribution in [0.2, 0.25) is 0 Å². The zero-order valence-electron chi connectivity index (χ0n) is 8.00. The molecule has 0 saturated heterocycles. The standard InChI is InChI=1S/C9H9F4NO.ClH/c10-8(5-14)6-1-3-7(4-2-6)15-9(11,12)13;/h1-4,8H,5,14H2;1H. The smallest absolute Gasteiger partial charge is 0.406 e. The SMILES string of the molecule is Cl.NCC(F)c1ccc(OC(F)(F)F)cc1. The van der Waals surface area contributed by atoms with Crippen LogP contribution in [0.25, 0.3) is 0 Å². The quantitative estimate of drug-likeness (QED) is 0.847. The number of hydrogen-bond acceptors (Lipinski definition) is 2. The fraction of sp³-hybridized carbons (Fsp3) is 0.333. The molecule has 0 heterocycles. The Hall–Kier alpha value is -1.01. The molecule has 0 saturated carbocycles. The maximum absolute atomic E-state index is 12.9. The summed E-state index contributed by atoms with van der Waals surface area (Å²) in [6.45, 7) is -0.209. The van der Waals surface area contributed by atoms with Crippen LogP contribution in [-0.2, 0) is 0 Å². The van der Waals surface area contributed by atoms with Crippen molar-refractivity contribution in [2.24, 2.45) is 5.73 Å². The van der Waals surface area contributed by atoms with E-state index in [2.05, 4.69) is 4.74 Å². The molecule has 0 aliphatic carbocycles. The van der Waals surface area contributed by atoms with Crippen molar-refractivity contribution in [3.05, 3.63) is 29.8 Å². The molecule has 0 aliphatic rings. The Morgan fingerprint density at radius 1 is 1.19 bits per heavy atom. The van der Waals surface area contributed by atoms with Gasteiger partial charge >= 0.3 is 6.36 Å². The number of hydrogen-bond donors (Lipinski definition) is 1. The van der Waals surface area contributed by atoms with Gasteiger partial charge in [0, 0.05) is 6.54 Å². The van der Waals surface area contributed by atoms with Gasteiger partial charge in [-0.15, -0.1) is 25.6 Å². The second kappa shape index (κ2) is 5.91. The predicted molar refractivity (Wildman–Crippen MR) is 53.3 cm³/mol. The number of alkyl halides is 4. The summed E-state index contributed by atoms with van der Waals surface area (Å²) < 4.78 is 51.8. The van der Waals surface area contributed by atoms with Gasteiger partial charge in [-0.3, -0.25) is 0 Å². The molecule has 1 aromatic carbocycles. The van der Waals surface area contributed by atoms with Crippen LogP contribution < -0.4 is 10.5 Å². The molecule has 16 heavy (non-hydrogen) atoms. The topological polar surface area (TPSA) is 35.2 Å². The summed E-state index contributed by atoms with van der Waals surface area (Å²) in [4.78, 5) is 0. The fourth-order valence-electron chi connectivity index (χ4n) is 1.01. The number of rotatable bonds is 3. The van der Waals surface area contributed by atoms with Crippen molar-refractivity contribution < 1.29 is 22.3 Å². The van der Waals surface area contributed by atoms with E-state index in [1.54, 1.807) is 0 Å². The molecule has 1 aromatic rings. The minimum atomic E-state index is -4.73. The van der Waals surface area contributed by atoms with Crippen molar-refractivity contribution in [2.45, 2.75) is 12.5 Å². The molecule has 0 aliphatic heterocycles. The van der Waals surface area contributed by atoms with Gasteiger partial charge in [0.05, 0.1) is 0 Å². The Morgan fingerprint density at radius 3 is 2.06 bits per heavy atom. The second-order valence-electron chi connectivity index (χ2n) is 2.82. The van der Waals surface area contributed by atoms with Gasteiger partial charge in [0.2, 0.25) is 0 Å². The zero-order chi connectivity index (χ0) is 11.5. The lowest BCUT2D eigenvalue weighted by Gasteiger charge is -2.10. The van der Waals surface area contributed by atoms with Crippen molar-refractivity contribution in [3.63, 3.8) is 0 Å². The van der Waals surface area contributed by atoms with Crippen LogP contribution in [0.3, 0.4) is 0 Å². The maximum atomic E-state index is 12.9. The van der Waals surface area contributed by atoms with Crippen molar-refractivity contribution >= 4 is 12.4 Å². The second-order valence-corrected chi connectivity index (χ2v) is 2.82. The summed E-state index contributed by atoms with van der Waals surface area (Å²) in [5.74, 6) is -0.379. The molecule has 0 amide bonds. The summed E-state index contributed by atoms with van der Waals surface area (Å²) in [5.41, 5.74) is 5.29. The summed E-state index contributed by atoms with van der Waals surface area (Å²) in [6, 6.07) is 4.51. The van der Waals surface area contributed by atoms with Gasteiger partial charge in [-0.2, -0.15) is 0 Å². The molecule has 2 N–H and O–H groups in total. The first-order valence-electron chi connectivity index (χ1n) is 4.12. The summed E-state index contributed by atoms with van der Waals surface area (Å²) in [5, 5.41) is 0. The van der Waals surface area contributed by atoms with Gasteiger partial charge in [0.1, 0.15) is 11.9 Å². The third-order valence-electron chi connectivity index (χ3n) is 1.68. The van der Waals surface area contributed by atoms with E-state index in [4.69, 9.17) is 5.73 Å². The fourth-order valence-corrected chi connectivity index (χ4v) is 1.01. The monoisotopic (exact) mass is 259 g/mol. The van der Waals surface area contributed by atoms with Gasteiger partial charge in [-0.1, -0.05) is 12.1 Å². The van der Waals surface area contributed by atoms with Crippen molar-refractivity contribution in [1.29, 1.82) is 0 Å². The molecule has 0 radical (unpaired) electrons. The molecule has 2 nitrogen and oxygen atoms in total. The van der Waals surface area contributed by atoms with E-state index in [-0.39, 0.29) is 30.3 Å². The van der Waals surface area contributed by atoms with E-state index >= 15 is 0 Å². The first-order valence-corrected chi connectivity index (χ1v) is 4.12. The maximum Gasteiger partial charge on any atom is 0.573 e. The van der Waals surface area contributed by atoms with E-state index < -0.39 is 12.5 Å². The number of ether oxygens (including phenoxy) is 1. The molecule has 1 unspecified atom stereocenters. The van der Waals surface area contributed by atoms with Gasteiger partial charge in [-0.05, 0) is 17.7 Å². The lowest BCUT2D eigenvalue weighted by atomic mass is 10.1.